The van der Waals surface area contributed by atoms with Gasteiger partial charge in [0, 0.05) is 31.1 Å². The number of aromatic nitrogens is 1. The first-order valence-corrected chi connectivity index (χ1v) is 11.0. The van der Waals surface area contributed by atoms with Gasteiger partial charge in [0.15, 0.2) is 0 Å². The molecule has 0 radical (unpaired) electrons. The smallest absolute Gasteiger partial charge is 0.256 e. The van der Waals surface area contributed by atoms with Crippen LogP contribution in [0.3, 0.4) is 0 Å². The average Bonchev–Trinajstić information content (AvgIpc) is 2.70. The summed E-state index contributed by atoms with van der Waals surface area (Å²) in [5.41, 5.74) is -0.0419. The second-order valence-corrected chi connectivity index (χ2v) is 9.12. The highest BCUT2D eigenvalue weighted by Gasteiger charge is 2.60. The molecule has 0 saturated heterocycles. The van der Waals surface area contributed by atoms with E-state index in [0.29, 0.717) is 17.9 Å². The van der Waals surface area contributed by atoms with Crippen LogP contribution in [0, 0.1) is 17.3 Å². The van der Waals surface area contributed by atoms with E-state index >= 15 is 0 Å². The minimum Gasteiger partial charge on any atom is -0.355 e. The minimum absolute atomic E-state index is 0.00703. The van der Waals surface area contributed by atoms with E-state index in [9.17, 15) is 9.59 Å². The quantitative estimate of drug-likeness (QED) is 0.683. The Balaban J connectivity index is 1.47. The number of carbonyl (C=O) groups is 2. The van der Waals surface area contributed by atoms with Gasteiger partial charge in [-0.15, -0.1) is 0 Å². The minimum atomic E-state index is -0.497. The van der Waals surface area contributed by atoms with E-state index in [0.717, 1.165) is 45.3 Å². The molecule has 4 aliphatic rings. The number of hydrogen-bond acceptors (Lipinski definition) is 5. The Morgan fingerprint density at radius 2 is 2.14 bits per heavy atom. The SMILES string of the molecule is CCN(CC)CCNC(=O)C1CC2CCC1(C)CC21NC(=O)c2cccnc2N1. The maximum absolute atomic E-state index is 13.0. The number of anilines is 1. The number of likely N-dealkylation sites (N-methyl/N-ethyl adjacent to an activating group) is 1. The molecule has 158 valence electrons. The van der Waals surface area contributed by atoms with E-state index in [1.165, 1.54) is 0 Å². The van der Waals surface area contributed by atoms with Gasteiger partial charge in [-0.3, -0.25) is 9.59 Å². The van der Waals surface area contributed by atoms with Crippen molar-refractivity contribution in [2.24, 2.45) is 17.3 Å². The lowest BCUT2D eigenvalue weighted by atomic mass is 9.51. The molecule has 4 atom stereocenters. The van der Waals surface area contributed by atoms with Crippen molar-refractivity contribution < 1.29 is 9.59 Å². The fourth-order valence-corrected chi connectivity index (χ4v) is 5.72. The molecule has 3 fully saturated rings. The number of amides is 2. The van der Waals surface area contributed by atoms with Crippen LogP contribution in [0.4, 0.5) is 5.82 Å². The molecule has 1 aromatic heterocycles. The summed E-state index contributed by atoms with van der Waals surface area (Å²) in [5.74, 6) is 0.977. The highest BCUT2D eigenvalue weighted by Crippen LogP contribution is 2.58. The van der Waals surface area contributed by atoms with Crippen molar-refractivity contribution in [3.63, 3.8) is 0 Å². The van der Waals surface area contributed by atoms with E-state index in [-0.39, 0.29) is 29.1 Å². The van der Waals surface area contributed by atoms with Crippen molar-refractivity contribution in [2.75, 3.05) is 31.5 Å². The van der Waals surface area contributed by atoms with Gasteiger partial charge in [0.1, 0.15) is 11.5 Å². The summed E-state index contributed by atoms with van der Waals surface area (Å²) in [7, 11) is 0. The molecule has 1 aromatic rings. The molecule has 2 bridgehead atoms. The van der Waals surface area contributed by atoms with Crippen LogP contribution in [0.25, 0.3) is 0 Å². The molecule has 7 nitrogen and oxygen atoms in total. The molecule has 4 unspecified atom stereocenters. The van der Waals surface area contributed by atoms with Gasteiger partial charge in [0.2, 0.25) is 5.91 Å². The number of hydrogen-bond donors (Lipinski definition) is 3. The highest BCUT2D eigenvalue weighted by atomic mass is 16.2. The monoisotopic (exact) mass is 399 g/mol. The number of fused-ring (bicyclic) bond motifs is 3. The predicted octanol–water partition coefficient (Wildman–Crippen LogP) is 2.22. The van der Waals surface area contributed by atoms with Crippen molar-refractivity contribution in [2.45, 2.75) is 52.1 Å². The van der Waals surface area contributed by atoms with Gasteiger partial charge >= 0.3 is 0 Å². The molecule has 7 heteroatoms. The molecule has 2 heterocycles. The molecular formula is C22H33N5O2. The molecular weight excluding hydrogens is 366 g/mol. The zero-order chi connectivity index (χ0) is 20.6. The van der Waals surface area contributed by atoms with Crippen molar-refractivity contribution in [3.05, 3.63) is 23.9 Å². The molecule has 2 amide bonds. The third-order valence-corrected chi connectivity index (χ3v) is 7.47. The van der Waals surface area contributed by atoms with Gasteiger partial charge in [0.05, 0.1) is 5.56 Å². The Labute approximate surface area is 173 Å². The number of nitrogens with one attached hydrogen (secondary N) is 3. The van der Waals surface area contributed by atoms with E-state index in [1.54, 1.807) is 18.3 Å². The van der Waals surface area contributed by atoms with Crippen molar-refractivity contribution in [3.8, 4) is 0 Å². The molecule has 3 saturated carbocycles. The first-order valence-electron chi connectivity index (χ1n) is 11.0. The molecule has 3 aliphatic carbocycles. The van der Waals surface area contributed by atoms with Gasteiger partial charge in [-0.05, 0) is 56.3 Å². The van der Waals surface area contributed by atoms with E-state index in [4.69, 9.17) is 0 Å². The maximum atomic E-state index is 13.0. The van der Waals surface area contributed by atoms with Crippen LogP contribution in [0.5, 0.6) is 0 Å². The lowest BCUT2D eigenvalue weighted by Crippen LogP contribution is -2.70. The third-order valence-electron chi connectivity index (χ3n) is 7.47. The van der Waals surface area contributed by atoms with Crippen molar-refractivity contribution in [1.82, 2.24) is 20.5 Å². The zero-order valence-electron chi connectivity index (χ0n) is 17.8. The summed E-state index contributed by atoms with van der Waals surface area (Å²) in [6.07, 6.45) is 5.28. The Kier molecular flexibility index (Phi) is 5.27. The normalized spacial score (nSPS) is 32.6. The van der Waals surface area contributed by atoms with Gasteiger partial charge in [-0.1, -0.05) is 20.8 Å². The summed E-state index contributed by atoms with van der Waals surface area (Å²) < 4.78 is 0. The molecule has 1 spiro atoms. The fraction of sp³-hybridized carbons (Fsp3) is 0.682. The average molecular weight is 400 g/mol. The summed E-state index contributed by atoms with van der Waals surface area (Å²) in [6, 6.07) is 3.58. The Bertz CT molecular complexity index is 795. The Morgan fingerprint density at radius 1 is 1.34 bits per heavy atom. The molecule has 1 aliphatic heterocycles. The van der Waals surface area contributed by atoms with Gasteiger partial charge in [0.25, 0.3) is 5.91 Å². The predicted molar refractivity (Wildman–Crippen MR) is 112 cm³/mol. The van der Waals surface area contributed by atoms with Crippen LogP contribution in [0.1, 0.15) is 56.8 Å². The number of pyridine rings is 1. The van der Waals surface area contributed by atoms with Crippen molar-refractivity contribution in [1.29, 1.82) is 0 Å². The van der Waals surface area contributed by atoms with E-state index in [2.05, 4.69) is 46.6 Å². The van der Waals surface area contributed by atoms with Gasteiger partial charge in [-0.25, -0.2) is 4.98 Å². The van der Waals surface area contributed by atoms with Crippen LogP contribution in [-0.4, -0.2) is 53.5 Å². The molecule has 5 rings (SSSR count). The van der Waals surface area contributed by atoms with Crippen molar-refractivity contribution >= 4 is 17.6 Å². The number of carbonyl (C=O) groups excluding carboxylic acids is 2. The Morgan fingerprint density at radius 3 is 2.86 bits per heavy atom. The lowest BCUT2D eigenvalue weighted by molar-refractivity contribution is -0.139. The largest absolute Gasteiger partial charge is 0.355 e. The van der Waals surface area contributed by atoms with Crippen LogP contribution < -0.4 is 16.0 Å². The summed E-state index contributed by atoms with van der Waals surface area (Å²) in [4.78, 5) is 32.5. The Hall–Kier alpha value is -2.15. The molecule has 3 N–H and O–H groups in total. The lowest BCUT2D eigenvalue weighted by Gasteiger charge is -2.60. The molecule has 29 heavy (non-hydrogen) atoms. The summed E-state index contributed by atoms with van der Waals surface area (Å²) in [5, 5.41) is 9.98. The van der Waals surface area contributed by atoms with E-state index in [1.807, 2.05) is 0 Å². The zero-order valence-corrected chi connectivity index (χ0v) is 17.8. The highest BCUT2D eigenvalue weighted by molar-refractivity contribution is 6.01. The van der Waals surface area contributed by atoms with Crippen LogP contribution in [0.15, 0.2) is 18.3 Å². The van der Waals surface area contributed by atoms with E-state index < -0.39 is 5.66 Å². The number of nitrogens with zero attached hydrogens (tertiary/aromatic N) is 2. The van der Waals surface area contributed by atoms with Crippen LogP contribution in [0.2, 0.25) is 0 Å². The molecule has 0 aromatic carbocycles. The summed E-state index contributed by atoms with van der Waals surface area (Å²) in [6.45, 7) is 10.1. The standard InChI is InChI=1S/C22H33N5O2/c1-4-27(5-2)12-11-24-20(29)17-13-15-8-9-21(17,3)14-22(15)25-18-16(19(28)26-22)7-6-10-23-18/h6-7,10,15,17H,4-5,8-9,11-14H2,1-3H3,(H,23,25)(H,24,29)(H,26,28). The first kappa shape index (κ1) is 20.1. The summed E-state index contributed by atoms with van der Waals surface area (Å²) >= 11 is 0. The second-order valence-electron chi connectivity index (χ2n) is 9.12. The topological polar surface area (TPSA) is 86.4 Å². The van der Waals surface area contributed by atoms with Gasteiger partial charge in [-0.2, -0.15) is 0 Å². The maximum Gasteiger partial charge on any atom is 0.256 e. The van der Waals surface area contributed by atoms with Crippen LogP contribution >= 0.6 is 0 Å². The van der Waals surface area contributed by atoms with Gasteiger partial charge < -0.3 is 20.9 Å². The van der Waals surface area contributed by atoms with Crippen LogP contribution in [-0.2, 0) is 4.79 Å². The first-order chi connectivity index (χ1) is 13.9. The number of rotatable bonds is 6. The second kappa shape index (κ2) is 7.59. The fourth-order valence-electron chi connectivity index (χ4n) is 5.72. The third kappa shape index (κ3) is 3.50.